The summed E-state index contributed by atoms with van der Waals surface area (Å²) in [5, 5.41) is 2.32. The van der Waals surface area contributed by atoms with E-state index in [-0.39, 0.29) is 35.0 Å². The van der Waals surface area contributed by atoms with Crippen LogP contribution in [-0.2, 0) is 0 Å². The molecule has 3 nitrogen and oxygen atoms in total. The largest absolute Gasteiger partial charge is 0.226 e. The molecule has 0 bridgehead atoms. The Labute approximate surface area is 215 Å². The molecular weight excluding hydrogens is 450 g/mol. The Kier molecular flexibility index (Phi) is 4.26. The zero-order valence-corrected chi connectivity index (χ0v) is 19.1. The van der Waals surface area contributed by atoms with Crippen LogP contribution < -0.4 is 0 Å². The molecule has 35 heavy (non-hydrogen) atoms. The van der Waals surface area contributed by atoms with Crippen molar-refractivity contribution in [3.63, 3.8) is 0 Å². The topological polar surface area (TPSA) is 38.7 Å². The monoisotopic (exact) mass is 474 g/mol. The summed E-state index contributed by atoms with van der Waals surface area (Å²) in [6.07, 6.45) is 0. The molecule has 0 amide bonds. The molecule has 0 saturated carbocycles. The predicted octanol–water partition coefficient (Wildman–Crippen LogP) is 8.35. The summed E-state index contributed by atoms with van der Waals surface area (Å²) in [5.74, 6) is 0.958. The molecule has 6 aromatic rings. The number of aromatic nitrogens is 3. The van der Waals surface area contributed by atoms with Crippen LogP contribution in [-0.4, -0.2) is 15.0 Å². The van der Waals surface area contributed by atoms with E-state index >= 15 is 0 Å². The molecule has 0 aliphatic heterocycles. The van der Waals surface area contributed by atoms with E-state index in [9.17, 15) is 0 Å². The first-order valence-corrected chi connectivity index (χ1v) is 11.4. The highest BCUT2D eigenvalue weighted by Gasteiger charge is 2.11. The van der Waals surface area contributed by atoms with Gasteiger partial charge in [0.15, 0.2) is 11.6 Å². The van der Waals surface area contributed by atoms with E-state index in [1.54, 1.807) is 12.1 Å². The summed E-state index contributed by atoms with van der Waals surface area (Å²) < 4.78 is 40.1. The Morgan fingerprint density at radius 2 is 1.00 bits per heavy atom. The summed E-state index contributed by atoms with van der Waals surface area (Å²) in [6, 6.07) is 27.5. The van der Waals surface area contributed by atoms with Gasteiger partial charge in [0.1, 0.15) is 0 Å². The molecule has 0 fully saturated rings. The van der Waals surface area contributed by atoms with Crippen molar-refractivity contribution in [2.24, 2.45) is 0 Å². The zero-order valence-electron chi connectivity index (χ0n) is 23.4. The molecule has 0 atom stereocenters. The average Bonchev–Trinajstić information content (AvgIpc) is 2.99. The van der Waals surface area contributed by atoms with Gasteiger partial charge in [0.05, 0.1) is 6.85 Å². The Morgan fingerprint density at radius 1 is 0.486 bits per heavy atom. The molecule has 0 spiro atoms. The lowest BCUT2D eigenvalue weighted by molar-refractivity contribution is 1.07. The van der Waals surface area contributed by atoms with Crippen molar-refractivity contribution in [3.05, 3.63) is 126 Å². The third-order valence-corrected chi connectivity index (χ3v) is 5.93. The smallest absolute Gasteiger partial charge is 0.208 e. The summed E-state index contributed by atoms with van der Waals surface area (Å²) in [6.45, 7) is 0. The Balaban J connectivity index is 1.30. The summed E-state index contributed by atoms with van der Waals surface area (Å²) in [4.78, 5) is 13.4. The number of nitrogens with zero attached hydrogens (tertiary/aromatic N) is 3. The van der Waals surface area contributed by atoms with Crippen LogP contribution >= 0.6 is 11.6 Å². The molecule has 5 aromatic carbocycles. The maximum Gasteiger partial charge on any atom is 0.226 e. The van der Waals surface area contributed by atoms with Gasteiger partial charge in [-0.25, -0.2) is 4.98 Å². The van der Waals surface area contributed by atoms with Crippen LogP contribution in [0.15, 0.2) is 121 Å². The maximum absolute atomic E-state index is 8.22. The van der Waals surface area contributed by atoms with Crippen LogP contribution in [0.4, 0.5) is 0 Å². The highest BCUT2D eigenvalue weighted by atomic mass is 35.5. The van der Waals surface area contributed by atoms with Gasteiger partial charge in [0.2, 0.25) is 5.28 Å². The SMILES string of the molecule is [2H]c1c([2H])c([2H])c(-c2ccc(-c3ccc(-c4nc(Cl)nc(-c5ccc6ccccc6c5)n4)cc3)cc2)c([2H])c1[2H]. The van der Waals surface area contributed by atoms with E-state index in [0.717, 1.165) is 33.0 Å². The average molecular weight is 475 g/mol. The molecule has 0 aliphatic carbocycles. The minimum atomic E-state index is -0.403. The van der Waals surface area contributed by atoms with Gasteiger partial charge in [-0.05, 0) is 50.7 Å². The van der Waals surface area contributed by atoms with Crippen molar-refractivity contribution >= 4 is 22.4 Å². The molecule has 0 N–H and O–H groups in total. The van der Waals surface area contributed by atoms with Crippen molar-refractivity contribution in [2.75, 3.05) is 0 Å². The van der Waals surface area contributed by atoms with Gasteiger partial charge in [-0.15, -0.1) is 0 Å². The highest BCUT2D eigenvalue weighted by Crippen LogP contribution is 2.28. The van der Waals surface area contributed by atoms with Gasteiger partial charge in [0.25, 0.3) is 0 Å². The van der Waals surface area contributed by atoms with Crippen LogP contribution in [0.5, 0.6) is 0 Å². The molecule has 1 heterocycles. The first-order chi connectivity index (χ1) is 19.3. The molecular formula is C31H20ClN3. The summed E-state index contributed by atoms with van der Waals surface area (Å²) >= 11 is 6.29. The number of fused-ring (bicyclic) bond motifs is 1. The van der Waals surface area contributed by atoms with E-state index in [1.807, 2.05) is 72.8 Å². The van der Waals surface area contributed by atoms with E-state index in [1.165, 1.54) is 0 Å². The summed E-state index contributed by atoms with van der Waals surface area (Å²) in [7, 11) is 0. The van der Waals surface area contributed by atoms with E-state index in [4.69, 9.17) is 18.5 Å². The molecule has 166 valence electrons. The Morgan fingerprint density at radius 3 is 1.66 bits per heavy atom. The second-order valence-electron chi connectivity index (χ2n) is 7.97. The van der Waals surface area contributed by atoms with Crippen molar-refractivity contribution < 1.29 is 6.85 Å². The fourth-order valence-corrected chi connectivity index (χ4v) is 4.13. The number of rotatable bonds is 4. The minimum absolute atomic E-state index is 0.112. The quantitative estimate of drug-likeness (QED) is 0.257. The fourth-order valence-electron chi connectivity index (χ4n) is 3.97. The van der Waals surface area contributed by atoms with Crippen LogP contribution in [0, 0.1) is 0 Å². The van der Waals surface area contributed by atoms with Gasteiger partial charge in [-0.1, -0.05) is 115 Å². The molecule has 0 unspecified atom stereocenters. The highest BCUT2D eigenvalue weighted by molar-refractivity contribution is 6.28. The van der Waals surface area contributed by atoms with Crippen molar-refractivity contribution in [1.82, 2.24) is 15.0 Å². The summed E-state index contributed by atoms with van der Waals surface area (Å²) in [5.41, 5.74) is 4.21. The predicted molar refractivity (Wildman–Crippen MR) is 144 cm³/mol. The molecule has 6 rings (SSSR count). The van der Waals surface area contributed by atoms with Crippen LogP contribution in [0.1, 0.15) is 6.85 Å². The second kappa shape index (κ2) is 9.13. The van der Waals surface area contributed by atoms with Gasteiger partial charge < -0.3 is 0 Å². The van der Waals surface area contributed by atoms with Crippen molar-refractivity contribution in [3.8, 4) is 45.0 Å². The second-order valence-corrected chi connectivity index (χ2v) is 8.31. The third kappa shape index (κ3) is 4.42. The van der Waals surface area contributed by atoms with Crippen LogP contribution in [0.25, 0.3) is 55.8 Å². The Bertz CT molecular complexity index is 1880. The fraction of sp³-hybridized carbons (Fsp3) is 0. The number of hydrogen-bond donors (Lipinski definition) is 0. The van der Waals surface area contributed by atoms with Gasteiger partial charge >= 0.3 is 0 Å². The number of hydrogen-bond acceptors (Lipinski definition) is 3. The van der Waals surface area contributed by atoms with E-state index < -0.39 is 6.04 Å². The lowest BCUT2D eigenvalue weighted by atomic mass is 9.99. The number of benzene rings is 5. The molecule has 0 aliphatic rings. The molecule has 0 saturated heterocycles. The molecule has 0 radical (unpaired) electrons. The lowest BCUT2D eigenvalue weighted by Gasteiger charge is -2.08. The minimum Gasteiger partial charge on any atom is -0.208 e. The molecule has 4 heteroatoms. The Hall–Kier alpha value is -4.34. The van der Waals surface area contributed by atoms with Crippen LogP contribution in [0.2, 0.25) is 5.28 Å². The maximum atomic E-state index is 8.22. The third-order valence-electron chi connectivity index (χ3n) is 5.77. The number of halogens is 1. The van der Waals surface area contributed by atoms with Crippen molar-refractivity contribution in [1.29, 1.82) is 0 Å². The standard InChI is InChI=1S/C31H20ClN3/c32-31-34-29(33-30(35-31)28-19-16-22-8-4-5-9-27(22)20-28)26-17-14-25(15-18-26)24-12-10-23(11-13-24)21-6-2-1-3-7-21/h1-20H/i1D,2D,3D,6D,7D. The lowest BCUT2D eigenvalue weighted by Crippen LogP contribution is -1.97. The first-order valence-electron chi connectivity index (χ1n) is 13.5. The first kappa shape index (κ1) is 16.3. The van der Waals surface area contributed by atoms with E-state index in [2.05, 4.69) is 21.0 Å². The van der Waals surface area contributed by atoms with Crippen LogP contribution in [0.3, 0.4) is 0 Å². The van der Waals surface area contributed by atoms with Gasteiger partial charge in [0, 0.05) is 11.1 Å². The van der Waals surface area contributed by atoms with Gasteiger partial charge in [-0.3, -0.25) is 0 Å². The van der Waals surface area contributed by atoms with Gasteiger partial charge in [-0.2, -0.15) is 9.97 Å². The molecule has 1 aromatic heterocycles. The zero-order chi connectivity index (χ0) is 28.0. The van der Waals surface area contributed by atoms with Crippen molar-refractivity contribution in [2.45, 2.75) is 0 Å². The van der Waals surface area contributed by atoms with E-state index in [0.29, 0.717) is 17.2 Å². The normalized spacial score (nSPS) is 13.0.